The van der Waals surface area contributed by atoms with Gasteiger partial charge >= 0.3 is 6.09 Å². The van der Waals surface area contributed by atoms with Crippen molar-refractivity contribution in [2.45, 2.75) is 25.3 Å². The first-order chi connectivity index (χ1) is 11.1. The monoisotopic (exact) mass is 310 g/mol. The van der Waals surface area contributed by atoms with Crippen molar-refractivity contribution in [1.82, 2.24) is 4.90 Å². The van der Waals surface area contributed by atoms with Crippen molar-refractivity contribution >= 4 is 11.8 Å². The number of carbonyl (C=O) groups is 1. The molecule has 3 rings (SSSR count). The van der Waals surface area contributed by atoms with Gasteiger partial charge < -0.3 is 10.0 Å². The summed E-state index contributed by atoms with van der Waals surface area (Å²) in [5, 5.41) is 11.9. The molecule has 0 aromatic heterocycles. The van der Waals surface area contributed by atoms with Crippen LogP contribution in [0.15, 0.2) is 48.5 Å². The van der Waals surface area contributed by atoms with Crippen molar-refractivity contribution in [3.63, 3.8) is 0 Å². The van der Waals surface area contributed by atoms with Crippen LogP contribution in [0.4, 0.5) is 10.5 Å². The van der Waals surface area contributed by atoms with E-state index in [0.717, 1.165) is 29.7 Å². The molecule has 2 aromatic carbocycles. The Bertz CT molecular complexity index is 685. The maximum absolute atomic E-state index is 11.3. The van der Waals surface area contributed by atoms with Crippen molar-refractivity contribution in [2.75, 3.05) is 18.9 Å². The lowest BCUT2D eigenvalue weighted by atomic mass is 9.95. The third-order valence-electron chi connectivity index (χ3n) is 4.59. The lowest BCUT2D eigenvalue weighted by Gasteiger charge is -2.22. The van der Waals surface area contributed by atoms with Gasteiger partial charge in [-0.25, -0.2) is 4.79 Å². The number of amides is 1. The molecular formula is C19H22N2O2. The van der Waals surface area contributed by atoms with E-state index >= 15 is 0 Å². The van der Waals surface area contributed by atoms with Gasteiger partial charge in [0.2, 0.25) is 0 Å². The first-order valence-corrected chi connectivity index (χ1v) is 8.02. The van der Waals surface area contributed by atoms with Crippen LogP contribution in [0, 0.1) is 0 Å². The van der Waals surface area contributed by atoms with Gasteiger partial charge in [0, 0.05) is 11.6 Å². The molecule has 1 unspecified atom stereocenters. The molecule has 1 aliphatic rings. The summed E-state index contributed by atoms with van der Waals surface area (Å²) in [6.45, 7) is 1.12. The molecule has 4 heteroatoms. The average Bonchev–Trinajstić information content (AvgIpc) is 2.94. The SMILES string of the molecule is CN1CCCC1Cc1cccc(-c2ccccc2)c1NC(=O)O. The fraction of sp³-hybridized carbons (Fsp3) is 0.316. The molecule has 0 radical (unpaired) electrons. The fourth-order valence-electron chi connectivity index (χ4n) is 3.37. The third-order valence-corrected chi connectivity index (χ3v) is 4.59. The predicted octanol–water partition coefficient (Wildman–Crippen LogP) is 4.08. The molecular weight excluding hydrogens is 288 g/mol. The Morgan fingerprint density at radius 2 is 2.00 bits per heavy atom. The van der Waals surface area contributed by atoms with Crippen molar-refractivity contribution in [2.24, 2.45) is 0 Å². The highest BCUT2D eigenvalue weighted by molar-refractivity contribution is 5.92. The second-order valence-corrected chi connectivity index (χ2v) is 6.12. The topological polar surface area (TPSA) is 52.6 Å². The van der Waals surface area contributed by atoms with Crippen molar-refractivity contribution < 1.29 is 9.90 Å². The van der Waals surface area contributed by atoms with Crippen LogP contribution in [-0.4, -0.2) is 35.7 Å². The van der Waals surface area contributed by atoms with Gasteiger partial charge in [0.25, 0.3) is 0 Å². The molecule has 1 heterocycles. The summed E-state index contributed by atoms with van der Waals surface area (Å²) in [5.41, 5.74) is 3.74. The van der Waals surface area contributed by atoms with E-state index in [1.165, 1.54) is 12.8 Å². The molecule has 0 saturated carbocycles. The zero-order valence-corrected chi connectivity index (χ0v) is 13.3. The normalized spacial score (nSPS) is 18.0. The summed E-state index contributed by atoms with van der Waals surface area (Å²) in [5.74, 6) is 0. The molecule has 2 aromatic rings. The summed E-state index contributed by atoms with van der Waals surface area (Å²) in [6.07, 6.45) is 2.22. The largest absolute Gasteiger partial charge is 0.465 e. The zero-order chi connectivity index (χ0) is 16.2. The first kappa shape index (κ1) is 15.6. The molecule has 1 fully saturated rings. The number of carboxylic acid groups (broad SMARTS) is 1. The molecule has 120 valence electrons. The Morgan fingerprint density at radius 3 is 2.65 bits per heavy atom. The van der Waals surface area contributed by atoms with Gasteiger partial charge in [0.15, 0.2) is 0 Å². The van der Waals surface area contributed by atoms with Crippen LogP contribution in [0.1, 0.15) is 18.4 Å². The van der Waals surface area contributed by atoms with E-state index in [1.807, 2.05) is 48.5 Å². The van der Waals surface area contributed by atoms with Crippen LogP contribution in [0.5, 0.6) is 0 Å². The standard InChI is InChI=1S/C19H22N2O2/c1-21-12-6-10-16(21)13-15-9-5-11-17(18(15)20-19(22)23)14-7-3-2-4-8-14/h2-5,7-9,11,16,20H,6,10,12-13H2,1H3,(H,22,23). The molecule has 4 nitrogen and oxygen atoms in total. The molecule has 1 amide bonds. The van der Waals surface area contributed by atoms with Gasteiger partial charge in [-0.1, -0.05) is 48.5 Å². The van der Waals surface area contributed by atoms with Crippen molar-refractivity contribution in [3.8, 4) is 11.1 Å². The minimum atomic E-state index is -1.02. The summed E-state index contributed by atoms with van der Waals surface area (Å²) in [6, 6.07) is 16.4. The van der Waals surface area contributed by atoms with E-state index < -0.39 is 6.09 Å². The molecule has 1 aliphatic heterocycles. The van der Waals surface area contributed by atoms with Gasteiger partial charge in [-0.05, 0) is 44.0 Å². The number of rotatable bonds is 4. The van der Waals surface area contributed by atoms with Crippen molar-refractivity contribution in [3.05, 3.63) is 54.1 Å². The Labute approximate surface area is 136 Å². The molecule has 0 spiro atoms. The van der Waals surface area contributed by atoms with Gasteiger partial charge in [-0.3, -0.25) is 5.32 Å². The minimum Gasteiger partial charge on any atom is -0.465 e. The average molecular weight is 310 g/mol. The maximum Gasteiger partial charge on any atom is 0.409 e. The molecule has 1 saturated heterocycles. The summed E-state index contributed by atoms with van der Waals surface area (Å²) in [4.78, 5) is 13.6. The highest BCUT2D eigenvalue weighted by atomic mass is 16.4. The highest BCUT2D eigenvalue weighted by Crippen LogP contribution is 2.33. The molecule has 0 aliphatic carbocycles. The number of para-hydroxylation sites is 1. The second kappa shape index (κ2) is 6.84. The van der Waals surface area contributed by atoms with Crippen LogP contribution >= 0.6 is 0 Å². The van der Waals surface area contributed by atoms with E-state index in [1.54, 1.807) is 0 Å². The van der Waals surface area contributed by atoms with Crippen molar-refractivity contribution in [1.29, 1.82) is 0 Å². The lowest BCUT2D eigenvalue weighted by molar-refractivity contribution is 0.209. The number of nitrogens with one attached hydrogen (secondary N) is 1. The maximum atomic E-state index is 11.3. The van der Waals surface area contributed by atoms with Crippen LogP contribution in [0.25, 0.3) is 11.1 Å². The second-order valence-electron chi connectivity index (χ2n) is 6.12. The fourth-order valence-corrected chi connectivity index (χ4v) is 3.37. The highest BCUT2D eigenvalue weighted by Gasteiger charge is 2.23. The van der Waals surface area contributed by atoms with Crippen LogP contribution in [0.2, 0.25) is 0 Å². The van der Waals surface area contributed by atoms with E-state index in [4.69, 9.17) is 0 Å². The Hall–Kier alpha value is -2.33. The number of hydrogen-bond donors (Lipinski definition) is 2. The minimum absolute atomic E-state index is 0.482. The van der Waals surface area contributed by atoms with Gasteiger partial charge in [0.05, 0.1) is 5.69 Å². The van der Waals surface area contributed by atoms with Crippen LogP contribution < -0.4 is 5.32 Å². The number of likely N-dealkylation sites (N-methyl/N-ethyl adjacent to an activating group) is 1. The third kappa shape index (κ3) is 3.54. The molecule has 2 N–H and O–H groups in total. The van der Waals surface area contributed by atoms with Gasteiger partial charge in [-0.15, -0.1) is 0 Å². The Morgan fingerprint density at radius 1 is 1.22 bits per heavy atom. The zero-order valence-electron chi connectivity index (χ0n) is 13.3. The quantitative estimate of drug-likeness (QED) is 0.894. The molecule has 1 atom stereocenters. The first-order valence-electron chi connectivity index (χ1n) is 8.02. The Balaban J connectivity index is 1.99. The molecule has 23 heavy (non-hydrogen) atoms. The Kier molecular flexibility index (Phi) is 4.63. The number of nitrogens with zero attached hydrogens (tertiary/aromatic N) is 1. The van der Waals surface area contributed by atoms with Crippen LogP contribution in [0.3, 0.4) is 0 Å². The smallest absolute Gasteiger partial charge is 0.409 e. The van der Waals surface area contributed by atoms with E-state index in [-0.39, 0.29) is 0 Å². The van der Waals surface area contributed by atoms with E-state index in [2.05, 4.69) is 17.3 Å². The number of hydrogen-bond acceptors (Lipinski definition) is 2. The van der Waals surface area contributed by atoms with E-state index in [9.17, 15) is 9.90 Å². The van der Waals surface area contributed by atoms with Gasteiger partial charge in [-0.2, -0.15) is 0 Å². The van der Waals surface area contributed by atoms with Crippen LogP contribution in [-0.2, 0) is 6.42 Å². The summed E-state index contributed by atoms with van der Waals surface area (Å²) < 4.78 is 0. The lowest BCUT2D eigenvalue weighted by Crippen LogP contribution is -2.27. The predicted molar refractivity (Wildman–Crippen MR) is 92.9 cm³/mol. The summed E-state index contributed by atoms with van der Waals surface area (Å²) >= 11 is 0. The van der Waals surface area contributed by atoms with Gasteiger partial charge in [0.1, 0.15) is 0 Å². The number of anilines is 1. The number of benzene rings is 2. The summed E-state index contributed by atoms with van der Waals surface area (Å²) in [7, 11) is 2.14. The molecule has 0 bridgehead atoms. The number of likely N-dealkylation sites (tertiary alicyclic amines) is 1. The van der Waals surface area contributed by atoms with E-state index in [0.29, 0.717) is 11.7 Å².